The van der Waals surface area contributed by atoms with Crippen LogP contribution in [0.2, 0.25) is 5.02 Å². The van der Waals surface area contributed by atoms with Crippen molar-refractivity contribution in [2.24, 2.45) is 15.9 Å². The monoisotopic (exact) mass is 414 g/mol. The number of nitrogens with zero attached hydrogens (tertiary/aromatic N) is 4. The molecule has 1 aromatic heterocycles. The molecule has 0 unspecified atom stereocenters. The average molecular weight is 415 g/mol. The number of nitrogens with two attached hydrogens (primary N) is 2. The number of morpholine rings is 1. The van der Waals surface area contributed by atoms with Crippen molar-refractivity contribution in [2.75, 3.05) is 32.0 Å². The van der Waals surface area contributed by atoms with Gasteiger partial charge in [-0.1, -0.05) is 11.6 Å². The minimum Gasteiger partial charge on any atom is -0.383 e. The van der Waals surface area contributed by atoms with Gasteiger partial charge in [0.2, 0.25) is 0 Å². The number of aromatic nitrogens is 1. The summed E-state index contributed by atoms with van der Waals surface area (Å²) < 4.78 is 5.43. The van der Waals surface area contributed by atoms with Gasteiger partial charge in [0.15, 0.2) is 0 Å². The molecule has 154 valence electrons. The number of rotatable bonds is 6. The number of benzene rings is 1. The van der Waals surface area contributed by atoms with Gasteiger partial charge in [-0.25, -0.2) is 4.98 Å². The Labute approximate surface area is 176 Å². The van der Waals surface area contributed by atoms with E-state index in [1.165, 1.54) is 0 Å². The summed E-state index contributed by atoms with van der Waals surface area (Å²) in [4.78, 5) is 11.0. The third-order valence-corrected chi connectivity index (χ3v) is 4.85. The van der Waals surface area contributed by atoms with Gasteiger partial charge in [0.1, 0.15) is 11.5 Å². The van der Waals surface area contributed by atoms with E-state index in [0.717, 1.165) is 49.5 Å². The average Bonchev–Trinajstić information content (AvgIpc) is 2.69. The van der Waals surface area contributed by atoms with Gasteiger partial charge in [0, 0.05) is 54.2 Å². The molecule has 1 aliphatic rings. The minimum atomic E-state index is 0.125. The summed E-state index contributed by atoms with van der Waals surface area (Å²) >= 11 is 6.41. The van der Waals surface area contributed by atoms with Crippen molar-refractivity contribution >= 4 is 29.3 Å². The number of hydrazone groups is 1. The van der Waals surface area contributed by atoms with Gasteiger partial charge in [-0.15, -0.1) is 0 Å². The van der Waals surface area contributed by atoms with E-state index < -0.39 is 0 Å². The molecular formula is C21H27ClN6O. The van der Waals surface area contributed by atoms with Crippen LogP contribution in [-0.4, -0.2) is 54.2 Å². The largest absolute Gasteiger partial charge is 0.383 e. The van der Waals surface area contributed by atoms with Crippen LogP contribution < -0.4 is 11.6 Å². The van der Waals surface area contributed by atoms with Crippen LogP contribution in [0.1, 0.15) is 25.0 Å². The molecule has 8 heteroatoms. The van der Waals surface area contributed by atoms with Crippen LogP contribution >= 0.6 is 11.6 Å². The molecule has 0 atom stereocenters. The molecule has 0 spiro atoms. The van der Waals surface area contributed by atoms with E-state index in [1.807, 2.05) is 32.0 Å². The number of hydrogen-bond acceptors (Lipinski definition) is 7. The zero-order valence-corrected chi connectivity index (χ0v) is 17.6. The highest BCUT2D eigenvalue weighted by Crippen LogP contribution is 2.27. The first-order valence-electron chi connectivity index (χ1n) is 9.63. The number of nitrogen functional groups attached to an aromatic ring is 1. The van der Waals surface area contributed by atoms with Gasteiger partial charge < -0.3 is 16.3 Å². The molecule has 2 aromatic rings. The summed E-state index contributed by atoms with van der Waals surface area (Å²) in [5, 5.41) is 4.52. The van der Waals surface area contributed by atoms with Crippen molar-refractivity contribution in [3.05, 3.63) is 46.6 Å². The van der Waals surface area contributed by atoms with Crippen LogP contribution in [0.25, 0.3) is 11.1 Å². The van der Waals surface area contributed by atoms with E-state index in [-0.39, 0.29) is 6.04 Å². The lowest BCUT2D eigenvalue weighted by Crippen LogP contribution is -2.35. The minimum absolute atomic E-state index is 0.125. The van der Waals surface area contributed by atoms with Crippen LogP contribution in [0.4, 0.5) is 5.82 Å². The molecular weight excluding hydrogens is 388 g/mol. The zero-order chi connectivity index (χ0) is 20.8. The molecule has 4 N–H and O–H groups in total. The third kappa shape index (κ3) is 5.76. The van der Waals surface area contributed by atoms with E-state index >= 15 is 0 Å². The summed E-state index contributed by atoms with van der Waals surface area (Å²) in [7, 11) is 0. The first-order valence-corrected chi connectivity index (χ1v) is 10.0. The molecule has 0 saturated carbocycles. The predicted molar refractivity (Wildman–Crippen MR) is 120 cm³/mol. The number of anilines is 1. The van der Waals surface area contributed by atoms with E-state index in [0.29, 0.717) is 22.1 Å². The molecule has 1 aliphatic heterocycles. The lowest BCUT2D eigenvalue weighted by atomic mass is 10.0. The van der Waals surface area contributed by atoms with Gasteiger partial charge in [0.05, 0.1) is 13.2 Å². The summed E-state index contributed by atoms with van der Waals surface area (Å²) in [6.07, 6.45) is 3.36. The number of ether oxygens (including phenoxy) is 1. The van der Waals surface area contributed by atoms with Gasteiger partial charge in [-0.05, 0) is 49.2 Å². The van der Waals surface area contributed by atoms with Crippen molar-refractivity contribution in [3.63, 3.8) is 0 Å². The molecule has 0 bridgehead atoms. The fourth-order valence-electron chi connectivity index (χ4n) is 3.16. The zero-order valence-electron chi connectivity index (χ0n) is 16.8. The molecule has 1 fully saturated rings. The highest BCUT2D eigenvalue weighted by Gasteiger charge is 2.14. The molecule has 0 amide bonds. The second kappa shape index (κ2) is 9.82. The maximum atomic E-state index is 6.41. The number of aliphatic imine (C=N–C) groups is 1. The van der Waals surface area contributed by atoms with Crippen molar-refractivity contribution < 1.29 is 4.74 Å². The Morgan fingerprint density at radius 2 is 2.00 bits per heavy atom. The van der Waals surface area contributed by atoms with E-state index in [4.69, 9.17) is 27.9 Å². The Kier molecular flexibility index (Phi) is 7.19. The lowest BCUT2D eigenvalue weighted by Gasteiger charge is -2.26. The van der Waals surface area contributed by atoms with E-state index in [1.54, 1.807) is 12.4 Å². The van der Waals surface area contributed by atoms with Crippen molar-refractivity contribution in [1.82, 2.24) is 9.88 Å². The second-order valence-electron chi connectivity index (χ2n) is 7.28. The Morgan fingerprint density at radius 1 is 1.24 bits per heavy atom. The maximum absolute atomic E-state index is 6.41. The van der Waals surface area contributed by atoms with E-state index in [2.05, 4.69) is 26.0 Å². The molecule has 7 nitrogen and oxygen atoms in total. The standard InChI is InChI=1S/C21H27ClN6O/c1-14(2)25-12-20(27-24)19-10-17(11-26-21(19)23)16-7-15(8-18(22)9-16)13-28-3-5-29-6-4-28/h7-12,14H,3-6,13,24H2,1-2H3,(H2,23,26). The number of pyridine rings is 1. The lowest BCUT2D eigenvalue weighted by molar-refractivity contribution is 0.0342. The van der Waals surface area contributed by atoms with Gasteiger partial charge in [-0.3, -0.25) is 9.89 Å². The van der Waals surface area contributed by atoms with Crippen LogP contribution in [0, 0.1) is 0 Å². The second-order valence-corrected chi connectivity index (χ2v) is 7.72. The Bertz CT molecular complexity index is 906. The Balaban J connectivity index is 1.92. The summed E-state index contributed by atoms with van der Waals surface area (Å²) in [6.45, 7) is 8.13. The van der Waals surface area contributed by atoms with Crippen LogP contribution in [0.3, 0.4) is 0 Å². The van der Waals surface area contributed by atoms with Gasteiger partial charge in [-0.2, -0.15) is 5.10 Å². The Hall–Kier alpha value is -2.48. The van der Waals surface area contributed by atoms with Crippen LogP contribution in [-0.2, 0) is 11.3 Å². The highest BCUT2D eigenvalue weighted by atomic mass is 35.5. The molecule has 3 rings (SSSR count). The molecule has 29 heavy (non-hydrogen) atoms. The normalized spacial score (nSPS) is 16.1. The fraction of sp³-hybridized carbons (Fsp3) is 0.381. The van der Waals surface area contributed by atoms with Crippen molar-refractivity contribution in [2.45, 2.75) is 26.4 Å². The third-order valence-electron chi connectivity index (χ3n) is 4.63. The molecule has 2 heterocycles. The predicted octanol–water partition coefficient (Wildman–Crippen LogP) is 2.96. The van der Waals surface area contributed by atoms with Crippen molar-refractivity contribution in [1.29, 1.82) is 0 Å². The summed E-state index contributed by atoms with van der Waals surface area (Å²) in [6, 6.07) is 8.08. The van der Waals surface area contributed by atoms with Gasteiger partial charge in [0.25, 0.3) is 0 Å². The molecule has 1 aromatic carbocycles. The smallest absolute Gasteiger partial charge is 0.132 e. The molecule has 0 aliphatic carbocycles. The topological polar surface area (TPSA) is 102 Å². The first kappa shape index (κ1) is 21.2. The molecule has 1 saturated heterocycles. The van der Waals surface area contributed by atoms with Gasteiger partial charge >= 0.3 is 0 Å². The SMILES string of the molecule is CC(C)N=CC(=NN)c1cc(-c2cc(Cl)cc(CN3CCOCC3)c2)cnc1N. The highest BCUT2D eigenvalue weighted by molar-refractivity contribution is 6.39. The number of halogens is 1. The first-order chi connectivity index (χ1) is 14.0. The Morgan fingerprint density at radius 3 is 2.69 bits per heavy atom. The van der Waals surface area contributed by atoms with E-state index in [9.17, 15) is 0 Å². The van der Waals surface area contributed by atoms with Crippen LogP contribution in [0.5, 0.6) is 0 Å². The van der Waals surface area contributed by atoms with Crippen molar-refractivity contribution in [3.8, 4) is 11.1 Å². The summed E-state index contributed by atoms with van der Waals surface area (Å²) in [5.41, 5.74) is 10.2. The maximum Gasteiger partial charge on any atom is 0.132 e. The quantitative estimate of drug-likeness (QED) is 0.429. The number of hydrogen-bond donors (Lipinski definition) is 2. The fourth-order valence-corrected chi connectivity index (χ4v) is 3.41. The van der Waals surface area contributed by atoms with Crippen LogP contribution in [0.15, 0.2) is 40.6 Å². The summed E-state index contributed by atoms with van der Waals surface area (Å²) in [5.74, 6) is 5.93. The molecule has 0 radical (unpaired) electrons.